The number of hydrogen-bond donors (Lipinski definition) is 2. The molecule has 0 amide bonds. The van der Waals surface area contributed by atoms with Gasteiger partial charge in [-0.15, -0.1) is 0 Å². The highest BCUT2D eigenvalue weighted by Crippen LogP contribution is 2.22. The Morgan fingerprint density at radius 3 is 3.20 bits per heavy atom. The maximum Gasteiger partial charge on any atom is 0.189 e. The number of amidine groups is 1. The number of aromatic nitrogens is 1. The Balaban J connectivity index is 1.72. The minimum atomic E-state index is 0.0834. The fourth-order valence-electron chi connectivity index (χ4n) is 3.28. The first-order valence-electron chi connectivity index (χ1n) is 7.16. The zero-order valence-electron chi connectivity index (χ0n) is 11.6. The highest BCUT2D eigenvalue weighted by Gasteiger charge is 2.30. The summed E-state index contributed by atoms with van der Waals surface area (Å²) in [6.07, 6.45) is 4.29. The number of pyridine rings is 1. The molecule has 1 aromatic rings. The molecule has 2 aliphatic heterocycles. The molecule has 108 valence electrons. The van der Waals surface area contributed by atoms with Crippen molar-refractivity contribution < 1.29 is 5.21 Å². The van der Waals surface area contributed by atoms with Crippen LogP contribution in [0.5, 0.6) is 0 Å². The highest BCUT2D eigenvalue weighted by atomic mass is 16.4. The molecule has 6 nitrogen and oxygen atoms in total. The van der Waals surface area contributed by atoms with Crippen molar-refractivity contribution in [2.24, 2.45) is 10.9 Å². The monoisotopic (exact) mass is 275 g/mol. The number of nitrogens with two attached hydrogens (primary N) is 1. The Morgan fingerprint density at radius 1 is 1.45 bits per heavy atom. The summed E-state index contributed by atoms with van der Waals surface area (Å²) >= 11 is 0. The summed E-state index contributed by atoms with van der Waals surface area (Å²) in [5.74, 6) is 0.0834. The minimum absolute atomic E-state index is 0.0834. The predicted molar refractivity (Wildman–Crippen MR) is 76.6 cm³/mol. The van der Waals surface area contributed by atoms with E-state index in [1.54, 1.807) is 6.20 Å². The van der Waals surface area contributed by atoms with E-state index in [2.05, 4.69) is 19.9 Å². The molecule has 1 aromatic heterocycles. The average molecular weight is 275 g/mol. The number of nitrogens with zero attached hydrogens (tertiary/aromatic N) is 4. The highest BCUT2D eigenvalue weighted by molar-refractivity contribution is 5.96. The molecule has 0 bridgehead atoms. The van der Waals surface area contributed by atoms with Crippen LogP contribution in [-0.4, -0.2) is 58.0 Å². The van der Waals surface area contributed by atoms with Crippen LogP contribution in [0.4, 0.5) is 0 Å². The summed E-state index contributed by atoms with van der Waals surface area (Å²) in [7, 11) is 0. The maximum atomic E-state index is 8.84. The minimum Gasteiger partial charge on any atom is -0.409 e. The molecule has 0 spiro atoms. The first kappa shape index (κ1) is 13.3. The van der Waals surface area contributed by atoms with Gasteiger partial charge in [0.1, 0.15) is 5.69 Å². The maximum absolute atomic E-state index is 8.84. The molecule has 3 heterocycles. The van der Waals surface area contributed by atoms with Crippen LogP contribution in [0.25, 0.3) is 0 Å². The number of piperazine rings is 1. The Labute approximate surface area is 118 Å². The Morgan fingerprint density at radius 2 is 2.35 bits per heavy atom. The van der Waals surface area contributed by atoms with Crippen molar-refractivity contribution in [3.8, 4) is 0 Å². The summed E-state index contributed by atoms with van der Waals surface area (Å²) in [5.41, 5.74) is 7.31. The Kier molecular flexibility index (Phi) is 3.84. The van der Waals surface area contributed by atoms with Crippen LogP contribution in [0.1, 0.15) is 24.1 Å². The van der Waals surface area contributed by atoms with Gasteiger partial charge in [-0.05, 0) is 31.0 Å². The Hall–Kier alpha value is -1.66. The van der Waals surface area contributed by atoms with E-state index in [0.29, 0.717) is 11.7 Å². The number of rotatable bonds is 3. The lowest BCUT2D eigenvalue weighted by Gasteiger charge is -2.37. The second-order valence-corrected chi connectivity index (χ2v) is 5.56. The topological polar surface area (TPSA) is 78.0 Å². The van der Waals surface area contributed by atoms with Crippen LogP contribution in [0.2, 0.25) is 0 Å². The van der Waals surface area contributed by atoms with Crippen LogP contribution in [-0.2, 0) is 6.54 Å². The molecule has 1 atom stereocenters. The first-order valence-corrected chi connectivity index (χ1v) is 7.16. The van der Waals surface area contributed by atoms with Crippen molar-refractivity contribution >= 4 is 5.84 Å². The summed E-state index contributed by atoms with van der Waals surface area (Å²) < 4.78 is 0. The molecule has 1 unspecified atom stereocenters. The van der Waals surface area contributed by atoms with E-state index in [9.17, 15) is 0 Å². The van der Waals surface area contributed by atoms with Gasteiger partial charge in [0.25, 0.3) is 0 Å². The quantitative estimate of drug-likeness (QED) is 0.362. The molecule has 20 heavy (non-hydrogen) atoms. The largest absolute Gasteiger partial charge is 0.409 e. The van der Waals surface area contributed by atoms with Crippen molar-refractivity contribution in [3.05, 3.63) is 29.6 Å². The molecule has 0 saturated carbocycles. The molecule has 2 saturated heterocycles. The number of hydrogen-bond acceptors (Lipinski definition) is 5. The third-order valence-corrected chi connectivity index (χ3v) is 4.31. The van der Waals surface area contributed by atoms with Crippen LogP contribution >= 0.6 is 0 Å². The average Bonchev–Trinajstić information content (AvgIpc) is 2.94. The van der Waals surface area contributed by atoms with E-state index < -0.39 is 0 Å². The lowest BCUT2D eigenvalue weighted by Crippen LogP contribution is -2.49. The fourth-order valence-corrected chi connectivity index (χ4v) is 3.28. The molecule has 2 fully saturated rings. The van der Waals surface area contributed by atoms with Gasteiger partial charge in [0.05, 0.1) is 0 Å². The lowest BCUT2D eigenvalue weighted by molar-refractivity contribution is 0.0992. The van der Waals surface area contributed by atoms with Gasteiger partial charge in [-0.25, -0.2) is 0 Å². The van der Waals surface area contributed by atoms with E-state index >= 15 is 0 Å². The second kappa shape index (κ2) is 5.76. The molecular weight excluding hydrogens is 254 g/mol. The first-order chi connectivity index (χ1) is 9.78. The molecular formula is C14H21N5O. The molecule has 6 heteroatoms. The van der Waals surface area contributed by atoms with Crippen molar-refractivity contribution in [2.75, 3.05) is 26.2 Å². The molecule has 0 radical (unpaired) electrons. The van der Waals surface area contributed by atoms with Gasteiger partial charge in [0.15, 0.2) is 5.84 Å². The van der Waals surface area contributed by atoms with Crippen LogP contribution in [0.15, 0.2) is 23.5 Å². The van der Waals surface area contributed by atoms with E-state index in [1.807, 2.05) is 12.1 Å². The van der Waals surface area contributed by atoms with E-state index in [4.69, 9.17) is 10.9 Å². The van der Waals surface area contributed by atoms with Crippen molar-refractivity contribution in [2.45, 2.75) is 25.4 Å². The lowest BCUT2D eigenvalue weighted by atomic mass is 10.1. The SMILES string of the molecule is N/C(=N/O)c1ncccc1CN1CCN2CCCC2C1. The molecule has 0 aromatic carbocycles. The van der Waals surface area contributed by atoms with Crippen molar-refractivity contribution in [3.63, 3.8) is 0 Å². The van der Waals surface area contributed by atoms with E-state index in [0.717, 1.165) is 31.7 Å². The number of fused-ring (bicyclic) bond motifs is 1. The second-order valence-electron chi connectivity index (χ2n) is 5.56. The summed E-state index contributed by atoms with van der Waals surface area (Å²) in [6.45, 7) is 5.37. The molecule has 3 N–H and O–H groups in total. The number of oxime groups is 1. The van der Waals surface area contributed by atoms with Gasteiger partial charge >= 0.3 is 0 Å². The fraction of sp³-hybridized carbons (Fsp3) is 0.571. The molecule has 0 aliphatic carbocycles. The Bertz CT molecular complexity index is 504. The predicted octanol–water partition coefficient (Wildman–Crippen LogP) is 0.456. The van der Waals surface area contributed by atoms with Crippen LogP contribution < -0.4 is 5.73 Å². The summed E-state index contributed by atoms with van der Waals surface area (Å²) in [6, 6.07) is 4.60. The summed E-state index contributed by atoms with van der Waals surface area (Å²) in [5, 5.41) is 11.9. The van der Waals surface area contributed by atoms with Gasteiger partial charge in [-0.2, -0.15) is 0 Å². The van der Waals surface area contributed by atoms with Gasteiger partial charge < -0.3 is 10.9 Å². The van der Waals surface area contributed by atoms with Crippen LogP contribution in [0.3, 0.4) is 0 Å². The van der Waals surface area contributed by atoms with E-state index in [1.165, 1.54) is 19.4 Å². The van der Waals surface area contributed by atoms with Gasteiger partial charge in [-0.3, -0.25) is 14.8 Å². The van der Waals surface area contributed by atoms with Crippen molar-refractivity contribution in [1.29, 1.82) is 0 Å². The van der Waals surface area contributed by atoms with E-state index in [-0.39, 0.29) is 5.84 Å². The van der Waals surface area contributed by atoms with Crippen molar-refractivity contribution in [1.82, 2.24) is 14.8 Å². The van der Waals surface area contributed by atoms with Gasteiger partial charge in [0, 0.05) is 38.4 Å². The summed E-state index contributed by atoms with van der Waals surface area (Å²) in [4.78, 5) is 9.26. The smallest absolute Gasteiger partial charge is 0.189 e. The van der Waals surface area contributed by atoms with Gasteiger partial charge in [0.2, 0.25) is 0 Å². The molecule has 2 aliphatic rings. The third-order valence-electron chi connectivity index (χ3n) is 4.31. The zero-order chi connectivity index (χ0) is 13.9. The van der Waals surface area contributed by atoms with Crippen LogP contribution in [0, 0.1) is 0 Å². The standard InChI is InChI=1S/C14H21N5O/c15-14(17-20)13-11(3-1-5-16-13)9-18-7-8-19-6-2-4-12(19)10-18/h1,3,5,12,20H,2,4,6-10H2,(H2,15,17). The molecule has 3 rings (SSSR count). The normalized spacial score (nSPS) is 24.8. The third kappa shape index (κ3) is 2.62. The zero-order valence-corrected chi connectivity index (χ0v) is 11.6. The van der Waals surface area contributed by atoms with Gasteiger partial charge in [-0.1, -0.05) is 11.2 Å².